The van der Waals surface area contributed by atoms with E-state index in [0.29, 0.717) is 9.90 Å². The predicted molar refractivity (Wildman–Crippen MR) is 88.9 cm³/mol. The van der Waals surface area contributed by atoms with Crippen LogP contribution >= 0.6 is 22.9 Å². The van der Waals surface area contributed by atoms with Gasteiger partial charge in [-0.15, -0.1) is 11.3 Å². The van der Waals surface area contributed by atoms with Crippen LogP contribution in [-0.2, 0) is 16.9 Å². The maximum atomic E-state index is 12.7. The van der Waals surface area contributed by atoms with Gasteiger partial charge in [0, 0.05) is 17.0 Å². The Morgan fingerprint density at radius 3 is 2.46 bits per heavy atom. The highest BCUT2D eigenvalue weighted by Crippen LogP contribution is 2.32. The van der Waals surface area contributed by atoms with Gasteiger partial charge in [0.2, 0.25) is 0 Å². The molecule has 24 heavy (non-hydrogen) atoms. The minimum Gasteiger partial charge on any atom is -0.319 e. The molecule has 0 spiro atoms. The van der Waals surface area contributed by atoms with Crippen molar-refractivity contribution in [2.45, 2.75) is 19.0 Å². The number of nitro benzene ring substituents is 1. The topological polar surface area (TPSA) is 92.6 Å². The summed E-state index contributed by atoms with van der Waals surface area (Å²) in [6.07, 6.45) is 0. The lowest BCUT2D eigenvalue weighted by Gasteiger charge is -2.22. The molecule has 2 aromatic rings. The van der Waals surface area contributed by atoms with E-state index in [1.807, 2.05) is 0 Å². The number of urea groups is 1. The number of carbonyl (C=O) groups is 2. The van der Waals surface area contributed by atoms with Gasteiger partial charge in [0.15, 0.2) is 0 Å². The Balaban J connectivity index is 1.87. The molecule has 1 aromatic carbocycles. The maximum Gasteiger partial charge on any atom is 0.325 e. The molecule has 124 valence electrons. The lowest BCUT2D eigenvalue weighted by Crippen LogP contribution is -2.40. The van der Waals surface area contributed by atoms with E-state index in [0.717, 1.165) is 9.78 Å². The van der Waals surface area contributed by atoms with Gasteiger partial charge in [-0.2, -0.15) is 0 Å². The van der Waals surface area contributed by atoms with Crippen molar-refractivity contribution < 1.29 is 14.5 Å². The van der Waals surface area contributed by atoms with Crippen molar-refractivity contribution in [1.29, 1.82) is 0 Å². The molecule has 1 atom stereocenters. The number of halogens is 1. The van der Waals surface area contributed by atoms with Gasteiger partial charge in [0.05, 0.1) is 15.8 Å². The molecular weight excluding hydrogens is 354 g/mol. The maximum absolute atomic E-state index is 12.7. The van der Waals surface area contributed by atoms with Crippen LogP contribution in [0.25, 0.3) is 0 Å². The number of thiophene rings is 1. The van der Waals surface area contributed by atoms with Crippen LogP contribution in [0.4, 0.5) is 10.5 Å². The van der Waals surface area contributed by atoms with Crippen molar-refractivity contribution in [1.82, 2.24) is 10.2 Å². The summed E-state index contributed by atoms with van der Waals surface area (Å²) >= 11 is 7.17. The Morgan fingerprint density at radius 1 is 1.25 bits per heavy atom. The molecule has 0 bridgehead atoms. The summed E-state index contributed by atoms with van der Waals surface area (Å²) in [6.45, 7) is 1.71. The fourth-order valence-corrected chi connectivity index (χ4v) is 3.62. The molecule has 1 aromatic heterocycles. The van der Waals surface area contributed by atoms with Crippen molar-refractivity contribution in [3.05, 3.63) is 61.3 Å². The highest BCUT2D eigenvalue weighted by molar-refractivity contribution is 7.16. The molecule has 9 heteroatoms. The highest BCUT2D eigenvalue weighted by Gasteiger charge is 2.49. The van der Waals surface area contributed by atoms with E-state index in [2.05, 4.69) is 5.32 Å². The summed E-state index contributed by atoms with van der Waals surface area (Å²) in [5.41, 5.74) is -0.852. The molecule has 3 amide bonds. The third-order valence-electron chi connectivity index (χ3n) is 3.87. The average Bonchev–Trinajstić information content (AvgIpc) is 3.05. The Kier molecular flexibility index (Phi) is 4.02. The lowest BCUT2D eigenvalue weighted by atomic mass is 9.92. The van der Waals surface area contributed by atoms with Gasteiger partial charge in [-0.3, -0.25) is 19.8 Å². The largest absolute Gasteiger partial charge is 0.325 e. The number of hydrogen-bond acceptors (Lipinski definition) is 5. The Hall–Kier alpha value is -2.45. The number of imide groups is 1. The van der Waals surface area contributed by atoms with Crippen molar-refractivity contribution >= 4 is 40.6 Å². The summed E-state index contributed by atoms with van der Waals surface area (Å²) in [7, 11) is 0. The average molecular weight is 366 g/mol. The molecule has 1 fully saturated rings. The van der Waals surface area contributed by atoms with Gasteiger partial charge in [-0.1, -0.05) is 11.6 Å². The molecule has 1 aliphatic rings. The van der Waals surface area contributed by atoms with Gasteiger partial charge in [0.25, 0.3) is 11.6 Å². The lowest BCUT2D eigenvalue weighted by molar-refractivity contribution is -0.384. The molecule has 1 aliphatic heterocycles. The first-order valence-electron chi connectivity index (χ1n) is 6.94. The van der Waals surface area contributed by atoms with E-state index in [-0.39, 0.29) is 12.2 Å². The van der Waals surface area contributed by atoms with Gasteiger partial charge >= 0.3 is 6.03 Å². The Morgan fingerprint density at radius 2 is 1.92 bits per heavy atom. The summed E-state index contributed by atoms with van der Waals surface area (Å²) in [5, 5.41) is 13.4. The molecule has 0 saturated carbocycles. The zero-order valence-electron chi connectivity index (χ0n) is 12.5. The van der Waals surface area contributed by atoms with E-state index in [4.69, 9.17) is 11.6 Å². The molecule has 0 aliphatic carbocycles. The Labute approximate surface area is 146 Å². The first kappa shape index (κ1) is 16.4. The van der Waals surface area contributed by atoms with Gasteiger partial charge in [-0.25, -0.2) is 4.79 Å². The fourth-order valence-electron chi connectivity index (χ4n) is 2.55. The quantitative estimate of drug-likeness (QED) is 0.511. The molecule has 2 heterocycles. The van der Waals surface area contributed by atoms with Crippen molar-refractivity contribution in [2.75, 3.05) is 0 Å². The second-order valence-corrected chi connectivity index (χ2v) is 7.26. The summed E-state index contributed by atoms with van der Waals surface area (Å²) in [6, 6.07) is 8.52. The predicted octanol–water partition coefficient (Wildman–Crippen LogP) is 3.28. The van der Waals surface area contributed by atoms with E-state index in [1.54, 1.807) is 19.1 Å². The van der Waals surface area contributed by atoms with E-state index >= 15 is 0 Å². The third-order valence-corrected chi connectivity index (χ3v) is 5.09. The molecule has 1 N–H and O–H groups in total. The van der Waals surface area contributed by atoms with Crippen LogP contribution in [0.2, 0.25) is 4.34 Å². The molecule has 3 rings (SSSR count). The second kappa shape index (κ2) is 5.88. The number of nitro groups is 1. The number of nitrogens with zero attached hydrogens (tertiary/aromatic N) is 2. The van der Waals surface area contributed by atoms with Crippen LogP contribution in [-0.4, -0.2) is 21.8 Å². The van der Waals surface area contributed by atoms with Crippen molar-refractivity contribution in [3.63, 3.8) is 0 Å². The van der Waals surface area contributed by atoms with Crippen LogP contribution in [0.3, 0.4) is 0 Å². The molecule has 0 radical (unpaired) electrons. The third kappa shape index (κ3) is 2.74. The van der Waals surface area contributed by atoms with Crippen LogP contribution in [0.15, 0.2) is 36.4 Å². The van der Waals surface area contributed by atoms with Crippen LogP contribution in [0.1, 0.15) is 17.4 Å². The van der Waals surface area contributed by atoms with Gasteiger partial charge in [-0.05, 0) is 36.8 Å². The number of rotatable bonds is 4. The van der Waals surface area contributed by atoms with E-state index in [1.165, 1.54) is 35.6 Å². The van der Waals surface area contributed by atoms with E-state index < -0.39 is 22.4 Å². The number of carbonyl (C=O) groups excluding carboxylic acids is 2. The minimum atomic E-state index is -1.26. The number of amides is 3. The summed E-state index contributed by atoms with van der Waals surface area (Å²) in [5.74, 6) is -0.411. The van der Waals surface area contributed by atoms with Gasteiger partial charge in [0.1, 0.15) is 5.54 Å². The van der Waals surface area contributed by atoms with Crippen molar-refractivity contribution in [2.24, 2.45) is 0 Å². The smallest absolute Gasteiger partial charge is 0.319 e. The Bertz CT molecular complexity index is 835. The first-order valence-corrected chi connectivity index (χ1v) is 8.14. The SMILES string of the molecule is C[C@@]1(c2ccc([N+](=O)[O-])cc2)NC(=O)N(Cc2ccc(Cl)s2)C1=O. The molecule has 0 unspecified atom stereocenters. The monoisotopic (exact) mass is 365 g/mol. The number of nitrogens with one attached hydrogen (secondary N) is 1. The normalized spacial score (nSPS) is 20.3. The molecule has 7 nitrogen and oxygen atoms in total. The summed E-state index contributed by atoms with van der Waals surface area (Å²) in [4.78, 5) is 37.1. The van der Waals surface area contributed by atoms with Crippen molar-refractivity contribution in [3.8, 4) is 0 Å². The zero-order chi connectivity index (χ0) is 17.5. The zero-order valence-corrected chi connectivity index (χ0v) is 14.1. The molecule has 1 saturated heterocycles. The molecular formula is C15H12ClN3O4S. The first-order chi connectivity index (χ1) is 11.3. The van der Waals surface area contributed by atoms with Gasteiger partial charge < -0.3 is 5.32 Å². The number of non-ortho nitro benzene ring substituents is 1. The second-order valence-electron chi connectivity index (χ2n) is 5.46. The number of hydrogen-bond donors (Lipinski definition) is 1. The van der Waals surface area contributed by atoms with Crippen LogP contribution in [0, 0.1) is 10.1 Å². The van der Waals surface area contributed by atoms with Crippen LogP contribution in [0.5, 0.6) is 0 Å². The van der Waals surface area contributed by atoms with Crippen LogP contribution < -0.4 is 5.32 Å². The van der Waals surface area contributed by atoms with E-state index in [9.17, 15) is 19.7 Å². The minimum absolute atomic E-state index is 0.0794. The number of benzene rings is 1. The highest BCUT2D eigenvalue weighted by atomic mass is 35.5. The standard InChI is InChI=1S/C15H12ClN3O4S/c1-15(9-2-4-10(5-3-9)19(22)23)13(20)18(14(21)17-15)8-11-6-7-12(16)24-11/h2-7H,8H2,1H3,(H,17,21)/t15-/m0/s1. The fraction of sp³-hybridized carbons (Fsp3) is 0.200. The summed E-state index contributed by atoms with van der Waals surface area (Å²) < 4.78 is 0.579.